The molecule has 1 aliphatic heterocycles. The number of anilines is 1. The highest BCUT2D eigenvalue weighted by molar-refractivity contribution is 5.78. The van der Waals surface area contributed by atoms with Crippen LogP contribution in [0, 0.1) is 19.7 Å². The third kappa shape index (κ3) is 4.66. The van der Waals surface area contributed by atoms with E-state index in [0.29, 0.717) is 18.7 Å². The van der Waals surface area contributed by atoms with Gasteiger partial charge in [-0.2, -0.15) is 0 Å². The molecule has 0 atom stereocenters. The molecule has 2 aromatic carbocycles. The van der Waals surface area contributed by atoms with Crippen molar-refractivity contribution in [2.24, 2.45) is 0 Å². The molecule has 1 amide bonds. The largest absolute Gasteiger partial charge is 0.368 e. The molecule has 0 aliphatic carbocycles. The number of hydrogen-bond acceptors (Lipinski definition) is 3. The van der Waals surface area contributed by atoms with Crippen molar-refractivity contribution in [1.29, 1.82) is 0 Å². The van der Waals surface area contributed by atoms with Crippen LogP contribution in [0.25, 0.3) is 0 Å². The van der Waals surface area contributed by atoms with Crippen LogP contribution in [-0.2, 0) is 11.3 Å². The fourth-order valence-electron chi connectivity index (χ4n) is 3.58. The number of benzene rings is 2. The van der Waals surface area contributed by atoms with Gasteiger partial charge in [0, 0.05) is 44.0 Å². The zero-order chi connectivity index (χ0) is 19.4. The van der Waals surface area contributed by atoms with E-state index in [1.54, 1.807) is 12.1 Å². The van der Waals surface area contributed by atoms with Gasteiger partial charge in [-0.3, -0.25) is 9.69 Å². The third-order valence-corrected chi connectivity index (χ3v) is 5.35. The molecule has 144 valence electrons. The molecular formula is C22H28FN3O. The molecule has 0 radical (unpaired) electrons. The van der Waals surface area contributed by atoms with Crippen molar-refractivity contribution in [2.75, 3.05) is 44.7 Å². The molecule has 3 rings (SSSR count). The molecule has 0 spiro atoms. The number of carbonyl (C=O) groups is 1. The Bertz CT molecular complexity index is 800. The summed E-state index contributed by atoms with van der Waals surface area (Å²) in [5, 5.41) is 0. The minimum absolute atomic E-state index is 0.106. The van der Waals surface area contributed by atoms with Crippen molar-refractivity contribution in [2.45, 2.75) is 20.4 Å². The molecule has 0 aromatic heterocycles. The van der Waals surface area contributed by atoms with Crippen LogP contribution < -0.4 is 4.90 Å². The molecule has 27 heavy (non-hydrogen) atoms. The van der Waals surface area contributed by atoms with Crippen LogP contribution in [0.1, 0.15) is 16.7 Å². The highest BCUT2D eigenvalue weighted by Gasteiger charge is 2.23. The Balaban J connectivity index is 1.52. The minimum atomic E-state index is -0.223. The number of halogens is 1. The van der Waals surface area contributed by atoms with Crippen molar-refractivity contribution < 1.29 is 9.18 Å². The van der Waals surface area contributed by atoms with E-state index >= 15 is 0 Å². The molecule has 5 heteroatoms. The highest BCUT2D eigenvalue weighted by atomic mass is 19.1. The van der Waals surface area contributed by atoms with Gasteiger partial charge in [-0.05, 0) is 44.2 Å². The maximum Gasteiger partial charge on any atom is 0.236 e. The van der Waals surface area contributed by atoms with Crippen LogP contribution in [0.3, 0.4) is 0 Å². The van der Waals surface area contributed by atoms with Gasteiger partial charge in [-0.1, -0.05) is 30.3 Å². The van der Waals surface area contributed by atoms with Crippen LogP contribution in [0.2, 0.25) is 0 Å². The van der Waals surface area contributed by atoms with Gasteiger partial charge in [0.1, 0.15) is 5.82 Å². The Hall–Kier alpha value is -2.40. The minimum Gasteiger partial charge on any atom is -0.368 e. The van der Waals surface area contributed by atoms with Crippen molar-refractivity contribution in [3.8, 4) is 0 Å². The second-order valence-electron chi connectivity index (χ2n) is 7.35. The monoisotopic (exact) mass is 369 g/mol. The number of nitrogens with zero attached hydrogens (tertiary/aromatic N) is 3. The summed E-state index contributed by atoms with van der Waals surface area (Å²) in [7, 11) is 1.86. The first-order valence-electron chi connectivity index (χ1n) is 9.46. The zero-order valence-corrected chi connectivity index (χ0v) is 16.4. The van der Waals surface area contributed by atoms with Gasteiger partial charge in [-0.15, -0.1) is 0 Å². The lowest BCUT2D eigenvalue weighted by molar-refractivity contribution is -0.132. The van der Waals surface area contributed by atoms with E-state index in [-0.39, 0.29) is 11.7 Å². The van der Waals surface area contributed by atoms with Crippen molar-refractivity contribution in [3.05, 3.63) is 65.0 Å². The summed E-state index contributed by atoms with van der Waals surface area (Å²) < 4.78 is 13.8. The van der Waals surface area contributed by atoms with E-state index in [4.69, 9.17) is 0 Å². The normalized spacial score (nSPS) is 14.7. The molecule has 2 aromatic rings. The molecule has 1 aliphatic rings. The summed E-state index contributed by atoms with van der Waals surface area (Å²) in [5.41, 5.74) is 4.48. The number of amides is 1. The van der Waals surface area contributed by atoms with E-state index in [9.17, 15) is 9.18 Å². The number of hydrogen-bond donors (Lipinski definition) is 0. The van der Waals surface area contributed by atoms with Gasteiger partial charge in [0.15, 0.2) is 0 Å². The Labute approximate surface area is 161 Å². The van der Waals surface area contributed by atoms with Gasteiger partial charge in [-0.25, -0.2) is 4.39 Å². The topological polar surface area (TPSA) is 26.8 Å². The van der Waals surface area contributed by atoms with Crippen LogP contribution >= 0.6 is 0 Å². The second kappa shape index (κ2) is 8.53. The summed E-state index contributed by atoms with van der Waals surface area (Å²) in [5.74, 6) is -0.117. The molecule has 1 fully saturated rings. The summed E-state index contributed by atoms with van der Waals surface area (Å²) in [6, 6.07) is 13.1. The van der Waals surface area contributed by atoms with E-state index < -0.39 is 0 Å². The summed E-state index contributed by atoms with van der Waals surface area (Å²) >= 11 is 0. The number of rotatable bonds is 5. The fraction of sp³-hybridized carbons (Fsp3) is 0.409. The van der Waals surface area contributed by atoms with Crippen LogP contribution in [0.5, 0.6) is 0 Å². The quantitative estimate of drug-likeness (QED) is 0.810. The Morgan fingerprint density at radius 3 is 2.44 bits per heavy atom. The first kappa shape index (κ1) is 19.4. The van der Waals surface area contributed by atoms with Crippen molar-refractivity contribution >= 4 is 11.6 Å². The van der Waals surface area contributed by atoms with E-state index in [0.717, 1.165) is 26.2 Å². The molecular weight excluding hydrogens is 341 g/mol. The predicted octanol–water partition coefficient (Wildman–Crippen LogP) is 3.22. The molecule has 1 heterocycles. The molecule has 4 nitrogen and oxygen atoms in total. The first-order chi connectivity index (χ1) is 13.0. The lowest BCUT2D eigenvalue weighted by Gasteiger charge is -2.37. The summed E-state index contributed by atoms with van der Waals surface area (Å²) in [4.78, 5) is 18.8. The van der Waals surface area contributed by atoms with Gasteiger partial charge in [0.05, 0.1) is 6.54 Å². The van der Waals surface area contributed by atoms with Crippen molar-refractivity contribution in [3.63, 3.8) is 0 Å². The van der Waals surface area contributed by atoms with Crippen LogP contribution in [0.15, 0.2) is 42.5 Å². The van der Waals surface area contributed by atoms with Crippen LogP contribution in [-0.4, -0.2) is 55.5 Å². The zero-order valence-electron chi connectivity index (χ0n) is 16.4. The Morgan fingerprint density at radius 2 is 1.74 bits per heavy atom. The SMILES string of the molecule is Cc1cccc(N2CCN(C(=O)CN(C)Cc3ccccc3F)CC2)c1C. The van der Waals surface area contributed by atoms with E-state index in [2.05, 4.69) is 36.9 Å². The number of piperazine rings is 1. The summed E-state index contributed by atoms with van der Waals surface area (Å²) in [6.07, 6.45) is 0. The van der Waals surface area contributed by atoms with Gasteiger partial charge >= 0.3 is 0 Å². The number of likely N-dealkylation sites (N-methyl/N-ethyl adjacent to an activating group) is 1. The van der Waals surface area contributed by atoms with Gasteiger partial charge in [0.2, 0.25) is 5.91 Å². The molecule has 0 bridgehead atoms. The maximum atomic E-state index is 13.8. The molecule has 0 saturated carbocycles. The van der Waals surface area contributed by atoms with E-state index in [1.165, 1.54) is 22.9 Å². The standard InChI is InChI=1S/C22H28FN3O/c1-17-7-6-10-21(18(17)2)25-11-13-26(14-12-25)22(27)16-24(3)15-19-8-4-5-9-20(19)23/h4-10H,11-16H2,1-3H3. The molecule has 0 unspecified atom stereocenters. The van der Waals surface area contributed by atoms with Gasteiger partial charge in [0.25, 0.3) is 0 Å². The lowest BCUT2D eigenvalue weighted by Crippen LogP contribution is -2.51. The van der Waals surface area contributed by atoms with Crippen molar-refractivity contribution in [1.82, 2.24) is 9.80 Å². The van der Waals surface area contributed by atoms with E-state index in [1.807, 2.05) is 22.9 Å². The number of aryl methyl sites for hydroxylation is 1. The smallest absolute Gasteiger partial charge is 0.236 e. The molecule has 0 N–H and O–H groups in total. The average molecular weight is 369 g/mol. The average Bonchev–Trinajstić information content (AvgIpc) is 2.66. The summed E-state index contributed by atoms with van der Waals surface area (Å²) in [6.45, 7) is 8.14. The molecule has 1 saturated heterocycles. The maximum absolute atomic E-state index is 13.8. The first-order valence-corrected chi connectivity index (χ1v) is 9.46. The lowest BCUT2D eigenvalue weighted by atomic mass is 10.1. The Morgan fingerprint density at radius 1 is 1.04 bits per heavy atom. The second-order valence-corrected chi connectivity index (χ2v) is 7.35. The Kier molecular flexibility index (Phi) is 6.11. The predicted molar refractivity (Wildman–Crippen MR) is 107 cm³/mol. The van der Waals surface area contributed by atoms with Crippen LogP contribution in [0.4, 0.5) is 10.1 Å². The third-order valence-electron chi connectivity index (χ3n) is 5.35. The number of carbonyl (C=O) groups excluding carboxylic acids is 1. The van der Waals surface area contributed by atoms with Gasteiger partial charge < -0.3 is 9.80 Å². The highest BCUT2D eigenvalue weighted by Crippen LogP contribution is 2.23. The fourth-order valence-corrected chi connectivity index (χ4v) is 3.58.